The molecule has 5 nitrogen and oxygen atoms in total. The average Bonchev–Trinajstić information content (AvgIpc) is 3.25. The summed E-state index contributed by atoms with van der Waals surface area (Å²) < 4.78 is 0. The lowest BCUT2D eigenvalue weighted by atomic mass is 9.91. The largest absolute Gasteiger partial charge is 0.353 e. The maximum Gasteiger partial charge on any atom is 0.242 e. The number of carbonyl (C=O) groups is 2. The van der Waals surface area contributed by atoms with Gasteiger partial charge in [-0.1, -0.05) is 6.92 Å². The van der Waals surface area contributed by atoms with Crippen molar-refractivity contribution in [2.45, 2.75) is 63.5 Å². The molecule has 0 aromatic carbocycles. The third-order valence-electron chi connectivity index (χ3n) is 5.33. The van der Waals surface area contributed by atoms with Gasteiger partial charge in [-0.15, -0.1) is 12.4 Å². The number of piperidine rings is 1. The quantitative estimate of drug-likeness (QED) is 0.821. The number of nitrogens with zero attached hydrogens (tertiary/aromatic N) is 1. The van der Waals surface area contributed by atoms with E-state index in [0.29, 0.717) is 0 Å². The molecule has 1 atom stereocenters. The molecule has 1 unspecified atom stereocenters. The first-order valence-electron chi connectivity index (χ1n) is 8.49. The van der Waals surface area contributed by atoms with Gasteiger partial charge in [-0.05, 0) is 51.5 Å². The van der Waals surface area contributed by atoms with Gasteiger partial charge in [-0.25, -0.2) is 0 Å². The van der Waals surface area contributed by atoms with Crippen molar-refractivity contribution >= 4 is 24.2 Å². The van der Waals surface area contributed by atoms with Gasteiger partial charge in [0.25, 0.3) is 0 Å². The Bertz CT molecular complexity index is 412. The van der Waals surface area contributed by atoms with Gasteiger partial charge in [0.2, 0.25) is 11.8 Å². The van der Waals surface area contributed by atoms with Gasteiger partial charge in [0.1, 0.15) is 0 Å². The summed E-state index contributed by atoms with van der Waals surface area (Å²) >= 11 is 0. The van der Waals surface area contributed by atoms with Gasteiger partial charge in [-0.2, -0.15) is 0 Å². The van der Waals surface area contributed by atoms with E-state index < -0.39 is 0 Å². The molecule has 2 aliphatic heterocycles. The van der Waals surface area contributed by atoms with Gasteiger partial charge in [-0.3, -0.25) is 9.59 Å². The summed E-state index contributed by atoms with van der Waals surface area (Å²) in [6.07, 6.45) is 6.80. The highest BCUT2D eigenvalue weighted by Gasteiger charge is 2.42. The van der Waals surface area contributed by atoms with Gasteiger partial charge in [0.05, 0.1) is 5.54 Å². The Morgan fingerprint density at radius 3 is 2.41 bits per heavy atom. The SMILES string of the molecule is CCC1(C(=O)N2CCC(NC(=O)C3CC3)CC2)CCCN1.Cl. The van der Waals surface area contributed by atoms with Gasteiger partial charge in [0.15, 0.2) is 0 Å². The summed E-state index contributed by atoms with van der Waals surface area (Å²) in [6, 6.07) is 0.260. The lowest BCUT2D eigenvalue weighted by Gasteiger charge is -2.38. The van der Waals surface area contributed by atoms with E-state index in [4.69, 9.17) is 0 Å². The van der Waals surface area contributed by atoms with E-state index in [9.17, 15) is 9.59 Å². The second-order valence-electron chi connectivity index (χ2n) is 6.82. The van der Waals surface area contributed by atoms with E-state index in [-0.39, 0.29) is 41.7 Å². The van der Waals surface area contributed by atoms with Gasteiger partial charge in [0, 0.05) is 25.0 Å². The van der Waals surface area contributed by atoms with E-state index in [1.165, 1.54) is 0 Å². The third-order valence-corrected chi connectivity index (χ3v) is 5.33. The lowest BCUT2D eigenvalue weighted by molar-refractivity contribution is -0.139. The summed E-state index contributed by atoms with van der Waals surface area (Å²) in [5.41, 5.74) is -0.315. The molecule has 126 valence electrons. The van der Waals surface area contributed by atoms with Crippen LogP contribution in [0.25, 0.3) is 0 Å². The summed E-state index contributed by atoms with van der Waals surface area (Å²) in [7, 11) is 0. The van der Waals surface area contributed by atoms with Gasteiger partial charge >= 0.3 is 0 Å². The van der Waals surface area contributed by atoms with Crippen molar-refractivity contribution in [3.8, 4) is 0 Å². The van der Waals surface area contributed by atoms with Crippen LogP contribution in [-0.2, 0) is 9.59 Å². The number of carbonyl (C=O) groups excluding carboxylic acids is 2. The maximum absolute atomic E-state index is 12.8. The highest BCUT2D eigenvalue weighted by atomic mass is 35.5. The monoisotopic (exact) mass is 329 g/mol. The van der Waals surface area contributed by atoms with Gasteiger partial charge < -0.3 is 15.5 Å². The first-order chi connectivity index (χ1) is 10.1. The molecule has 0 spiro atoms. The Kier molecular flexibility index (Phi) is 5.72. The highest BCUT2D eigenvalue weighted by Crippen LogP contribution is 2.30. The minimum atomic E-state index is -0.315. The number of likely N-dealkylation sites (tertiary alicyclic amines) is 1. The van der Waals surface area contributed by atoms with E-state index in [2.05, 4.69) is 17.6 Å². The normalized spacial score (nSPS) is 29.0. The molecule has 2 amide bonds. The fraction of sp³-hybridized carbons (Fsp3) is 0.875. The van der Waals surface area contributed by atoms with E-state index >= 15 is 0 Å². The standard InChI is InChI=1S/C16H27N3O2.ClH/c1-2-16(8-3-9-17-16)15(21)19-10-6-13(7-11-19)18-14(20)12-4-5-12;/h12-13,17H,2-11H2,1H3,(H,18,20);1H. The molecule has 6 heteroatoms. The number of rotatable bonds is 4. The summed E-state index contributed by atoms with van der Waals surface area (Å²) in [5.74, 6) is 0.771. The number of halogens is 1. The molecule has 1 aliphatic carbocycles. The van der Waals surface area contributed by atoms with Crippen LogP contribution in [0, 0.1) is 5.92 Å². The molecule has 3 aliphatic rings. The molecular formula is C16H28ClN3O2. The molecule has 2 heterocycles. The van der Waals surface area contributed by atoms with E-state index in [0.717, 1.165) is 64.6 Å². The molecule has 22 heavy (non-hydrogen) atoms. The van der Waals surface area contributed by atoms with Crippen LogP contribution in [0.2, 0.25) is 0 Å². The molecule has 1 saturated carbocycles. The average molecular weight is 330 g/mol. The van der Waals surface area contributed by atoms with Crippen LogP contribution >= 0.6 is 12.4 Å². The van der Waals surface area contributed by atoms with Crippen molar-refractivity contribution < 1.29 is 9.59 Å². The molecule has 2 saturated heterocycles. The Balaban J connectivity index is 0.00000176. The summed E-state index contributed by atoms with van der Waals surface area (Å²) in [5, 5.41) is 6.56. The van der Waals surface area contributed by atoms with Crippen molar-refractivity contribution in [2.24, 2.45) is 5.92 Å². The Labute approximate surface area is 139 Å². The molecule has 3 rings (SSSR count). The zero-order valence-corrected chi connectivity index (χ0v) is 14.2. The van der Waals surface area contributed by atoms with Crippen LogP contribution in [0.4, 0.5) is 0 Å². The predicted molar refractivity (Wildman–Crippen MR) is 88.0 cm³/mol. The van der Waals surface area contributed by atoms with Crippen LogP contribution < -0.4 is 10.6 Å². The first-order valence-corrected chi connectivity index (χ1v) is 8.49. The van der Waals surface area contributed by atoms with Crippen LogP contribution in [0.3, 0.4) is 0 Å². The van der Waals surface area contributed by atoms with Crippen molar-refractivity contribution in [3.05, 3.63) is 0 Å². The summed E-state index contributed by atoms with van der Waals surface area (Å²) in [6.45, 7) is 4.60. The fourth-order valence-corrected chi connectivity index (χ4v) is 3.64. The van der Waals surface area contributed by atoms with Crippen LogP contribution in [0.1, 0.15) is 51.9 Å². The molecular weight excluding hydrogens is 302 g/mol. The van der Waals surface area contributed by atoms with Crippen LogP contribution in [0.5, 0.6) is 0 Å². The lowest BCUT2D eigenvalue weighted by Crippen LogP contribution is -2.57. The Hall–Kier alpha value is -0.810. The first kappa shape index (κ1) is 17.5. The van der Waals surface area contributed by atoms with Crippen molar-refractivity contribution in [2.75, 3.05) is 19.6 Å². The number of amides is 2. The van der Waals surface area contributed by atoms with Crippen molar-refractivity contribution in [1.82, 2.24) is 15.5 Å². The van der Waals surface area contributed by atoms with Crippen LogP contribution in [-0.4, -0.2) is 47.9 Å². The van der Waals surface area contributed by atoms with E-state index in [1.807, 2.05) is 4.90 Å². The molecule has 2 N–H and O–H groups in total. The molecule has 0 aromatic heterocycles. The fourth-order valence-electron chi connectivity index (χ4n) is 3.64. The Morgan fingerprint density at radius 2 is 1.91 bits per heavy atom. The molecule has 0 radical (unpaired) electrons. The second kappa shape index (κ2) is 7.18. The molecule has 0 aromatic rings. The topological polar surface area (TPSA) is 61.4 Å². The Morgan fingerprint density at radius 1 is 1.23 bits per heavy atom. The van der Waals surface area contributed by atoms with E-state index in [1.54, 1.807) is 0 Å². The minimum absolute atomic E-state index is 0. The number of hydrogen-bond acceptors (Lipinski definition) is 3. The van der Waals surface area contributed by atoms with Crippen molar-refractivity contribution in [3.63, 3.8) is 0 Å². The van der Waals surface area contributed by atoms with Crippen LogP contribution in [0.15, 0.2) is 0 Å². The summed E-state index contributed by atoms with van der Waals surface area (Å²) in [4.78, 5) is 26.6. The molecule has 0 bridgehead atoms. The van der Waals surface area contributed by atoms with Crippen molar-refractivity contribution in [1.29, 1.82) is 0 Å². The molecule has 3 fully saturated rings. The predicted octanol–water partition coefficient (Wildman–Crippen LogP) is 1.46. The maximum atomic E-state index is 12.8. The zero-order chi connectivity index (χ0) is 14.9. The number of nitrogens with one attached hydrogen (secondary N) is 2. The smallest absolute Gasteiger partial charge is 0.242 e. The third kappa shape index (κ3) is 3.57. The zero-order valence-electron chi connectivity index (χ0n) is 13.4. The number of hydrogen-bond donors (Lipinski definition) is 2. The minimum Gasteiger partial charge on any atom is -0.353 e. The highest BCUT2D eigenvalue weighted by molar-refractivity contribution is 5.87. The second-order valence-corrected chi connectivity index (χ2v) is 6.82.